The molecule has 4 rings (SSSR count). The Bertz CT molecular complexity index is 1220. The number of hydrogen-bond donors (Lipinski definition) is 3. The number of phenolic OH excluding ortho intramolecular Hbond substituents is 1. The van der Waals surface area contributed by atoms with E-state index in [2.05, 4.69) is 15.5 Å². The number of nitrogens with zero attached hydrogens (tertiary/aromatic N) is 2. The molecule has 0 fully saturated rings. The van der Waals surface area contributed by atoms with E-state index in [-0.39, 0.29) is 45.2 Å². The fraction of sp³-hybridized carbons (Fsp3) is 0.0526. The van der Waals surface area contributed by atoms with Crippen LogP contribution < -0.4 is 5.32 Å². The first-order valence-electron chi connectivity index (χ1n) is 8.14. The number of carboxylic acid groups (broad SMARTS) is 1. The minimum absolute atomic E-state index is 0.0173. The van der Waals surface area contributed by atoms with E-state index in [0.29, 0.717) is 5.76 Å². The molecule has 0 radical (unpaired) electrons. The second kappa shape index (κ2) is 6.54. The minimum Gasteiger partial charge on any atom is -0.506 e. The molecule has 0 atom stereocenters. The van der Waals surface area contributed by atoms with Gasteiger partial charge in [0.25, 0.3) is 5.91 Å². The summed E-state index contributed by atoms with van der Waals surface area (Å²) in [5, 5.41) is 25.8. The summed E-state index contributed by atoms with van der Waals surface area (Å²) in [6.45, 7) is 1.65. The zero-order valence-corrected chi connectivity index (χ0v) is 14.5. The van der Waals surface area contributed by atoms with Crippen molar-refractivity contribution in [1.29, 1.82) is 0 Å². The first-order chi connectivity index (χ1) is 13.4. The van der Waals surface area contributed by atoms with Crippen LogP contribution in [0.1, 0.15) is 26.6 Å². The molecule has 0 spiro atoms. The molecule has 0 aliphatic carbocycles. The van der Waals surface area contributed by atoms with E-state index in [1.54, 1.807) is 31.2 Å². The largest absolute Gasteiger partial charge is 0.506 e. The maximum atomic E-state index is 12.4. The smallest absolute Gasteiger partial charge is 0.338 e. The Morgan fingerprint density at radius 2 is 1.93 bits per heavy atom. The van der Waals surface area contributed by atoms with E-state index in [1.807, 2.05) is 0 Å². The maximum Gasteiger partial charge on any atom is 0.338 e. The van der Waals surface area contributed by atoms with E-state index < -0.39 is 11.9 Å². The van der Waals surface area contributed by atoms with Crippen LogP contribution in [-0.2, 0) is 0 Å². The predicted octanol–water partition coefficient (Wildman–Crippen LogP) is 3.45. The third-order valence-corrected chi connectivity index (χ3v) is 4.02. The van der Waals surface area contributed by atoms with Crippen LogP contribution in [0.25, 0.3) is 22.6 Å². The molecule has 9 nitrogen and oxygen atoms in total. The fourth-order valence-electron chi connectivity index (χ4n) is 2.74. The standard InChI is InChI=1S/C19H13N3O6/c1-9-8-12(22-28-9)17(24)20-15-10(4-2-6-13(15)23)18-21-16-11(19(25)26)5-3-7-14(16)27-18/h2-8,23H,1H3,(H,20,24)(H,25,26). The molecular weight excluding hydrogens is 366 g/mol. The second-order valence-electron chi connectivity index (χ2n) is 5.95. The average molecular weight is 379 g/mol. The van der Waals surface area contributed by atoms with Gasteiger partial charge < -0.3 is 24.5 Å². The van der Waals surface area contributed by atoms with Crippen molar-refractivity contribution in [2.24, 2.45) is 0 Å². The van der Waals surface area contributed by atoms with E-state index in [9.17, 15) is 19.8 Å². The summed E-state index contributed by atoms with van der Waals surface area (Å²) >= 11 is 0. The van der Waals surface area contributed by atoms with Crippen molar-refractivity contribution < 1.29 is 28.7 Å². The number of oxazole rings is 1. The Hall–Kier alpha value is -4.14. The highest BCUT2D eigenvalue weighted by molar-refractivity contribution is 6.06. The van der Waals surface area contributed by atoms with Gasteiger partial charge in [-0.1, -0.05) is 17.3 Å². The molecule has 2 aromatic heterocycles. The van der Waals surface area contributed by atoms with Gasteiger partial charge in [-0.25, -0.2) is 9.78 Å². The monoisotopic (exact) mass is 379 g/mol. The van der Waals surface area contributed by atoms with Crippen molar-refractivity contribution in [3.8, 4) is 17.2 Å². The van der Waals surface area contributed by atoms with Crippen LogP contribution in [-0.4, -0.2) is 32.2 Å². The van der Waals surface area contributed by atoms with E-state index >= 15 is 0 Å². The van der Waals surface area contributed by atoms with Gasteiger partial charge in [0.2, 0.25) is 5.89 Å². The number of para-hydroxylation sites is 2. The van der Waals surface area contributed by atoms with E-state index in [0.717, 1.165) is 0 Å². The molecule has 9 heteroatoms. The van der Waals surface area contributed by atoms with Crippen LogP contribution in [0.15, 0.2) is 51.4 Å². The van der Waals surface area contributed by atoms with Gasteiger partial charge in [-0.05, 0) is 31.2 Å². The number of fused-ring (bicyclic) bond motifs is 1. The molecular formula is C19H13N3O6. The highest BCUT2D eigenvalue weighted by Gasteiger charge is 2.21. The molecule has 0 bridgehead atoms. The van der Waals surface area contributed by atoms with Gasteiger partial charge in [0.1, 0.15) is 17.0 Å². The summed E-state index contributed by atoms with van der Waals surface area (Å²) in [5.41, 5.74) is 0.784. The highest BCUT2D eigenvalue weighted by atomic mass is 16.5. The number of aryl methyl sites for hydroxylation is 1. The van der Waals surface area contributed by atoms with Crippen LogP contribution in [0.3, 0.4) is 0 Å². The summed E-state index contributed by atoms with van der Waals surface area (Å²) in [5.74, 6) is -1.45. The highest BCUT2D eigenvalue weighted by Crippen LogP contribution is 2.36. The molecule has 0 saturated carbocycles. The first-order valence-corrected chi connectivity index (χ1v) is 8.14. The number of carbonyl (C=O) groups is 2. The molecule has 2 aromatic carbocycles. The van der Waals surface area contributed by atoms with Crippen molar-refractivity contribution in [3.63, 3.8) is 0 Å². The molecule has 28 heavy (non-hydrogen) atoms. The predicted molar refractivity (Wildman–Crippen MR) is 97.3 cm³/mol. The van der Waals surface area contributed by atoms with Crippen LogP contribution >= 0.6 is 0 Å². The van der Waals surface area contributed by atoms with Crippen molar-refractivity contribution in [1.82, 2.24) is 10.1 Å². The number of rotatable bonds is 4. The van der Waals surface area contributed by atoms with Crippen LogP contribution in [0, 0.1) is 6.92 Å². The summed E-state index contributed by atoms with van der Waals surface area (Å²) in [6, 6.07) is 10.5. The number of aromatic hydroxyl groups is 1. The second-order valence-corrected chi connectivity index (χ2v) is 5.95. The molecule has 0 saturated heterocycles. The summed E-state index contributed by atoms with van der Waals surface area (Å²) in [4.78, 5) is 28.0. The van der Waals surface area contributed by atoms with Gasteiger partial charge in [0, 0.05) is 6.07 Å². The number of benzene rings is 2. The first kappa shape index (κ1) is 17.3. The number of carboxylic acids is 1. The summed E-state index contributed by atoms with van der Waals surface area (Å²) < 4.78 is 10.5. The van der Waals surface area contributed by atoms with Crippen molar-refractivity contribution in [3.05, 3.63) is 59.5 Å². The number of aromatic carboxylic acids is 1. The Morgan fingerprint density at radius 3 is 2.64 bits per heavy atom. The van der Waals surface area contributed by atoms with E-state index in [4.69, 9.17) is 8.94 Å². The van der Waals surface area contributed by atoms with Gasteiger partial charge in [-0.15, -0.1) is 0 Å². The zero-order valence-electron chi connectivity index (χ0n) is 14.5. The minimum atomic E-state index is -1.14. The van der Waals surface area contributed by atoms with Crippen molar-refractivity contribution in [2.45, 2.75) is 6.92 Å². The SMILES string of the molecule is Cc1cc(C(=O)Nc2c(O)cccc2-c2nc3c(C(=O)O)cccc3o2)no1. The lowest BCUT2D eigenvalue weighted by molar-refractivity contribution is 0.0698. The third kappa shape index (κ3) is 2.94. The zero-order chi connectivity index (χ0) is 19.8. The molecule has 2 heterocycles. The normalized spacial score (nSPS) is 10.9. The molecule has 0 unspecified atom stereocenters. The lowest BCUT2D eigenvalue weighted by Gasteiger charge is -2.09. The number of amides is 1. The third-order valence-electron chi connectivity index (χ3n) is 4.02. The molecule has 4 aromatic rings. The number of phenols is 1. The van der Waals surface area contributed by atoms with Gasteiger partial charge in [0.15, 0.2) is 11.3 Å². The number of nitrogens with one attached hydrogen (secondary N) is 1. The van der Waals surface area contributed by atoms with Crippen LogP contribution in [0.4, 0.5) is 5.69 Å². The molecule has 3 N–H and O–H groups in total. The lowest BCUT2D eigenvalue weighted by atomic mass is 10.1. The van der Waals surface area contributed by atoms with E-state index in [1.165, 1.54) is 18.2 Å². The Morgan fingerprint density at radius 1 is 1.14 bits per heavy atom. The summed E-state index contributed by atoms with van der Waals surface area (Å²) in [7, 11) is 0. The Balaban J connectivity index is 1.80. The average Bonchev–Trinajstić information content (AvgIpc) is 3.29. The van der Waals surface area contributed by atoms with Gasteiger partial charge in [-0.3, -0.25) is 4.79 Å². The summed E-state index contributed by atoms with van der Waals surface area (Å²) in [6.07, 6.45) is 0. The number of aromatic nitrogens is 2. The number of hydrogen-bond acceptors (Lipinski definition) is 7. The molecule has 140 valence electrons. The van der Waals surface area contributed by atoms with Gasteiger partial charge >= 0.3 is 5.97 Å². The number of carbonyl (C=O) groups excluding carboxylic acids is 1. The Labute approximate surface area is 157 Å². The van der Waals surface area contributed by atoms with Crippen LogP contribution in [0.5, 0.6) is 5.75 Å². The van der Waals surface area contributed by atoms with Crippen LogP contribution in [0.2, 0.25) is 0 Å². The topological polar surface area (TPSA) is 139 Å². The number of anilines is 1. The van der Waals surface area contributed by atoms with Gasteiger partial charge in [0.05, 0.1) is 16.8 Å². The van der Waals surface area contributed by atoms with Gasteiger partial charge in [-0.2, -0.15) is 0 Å². The quantitative estimate of drug-likeness (QED) is 0.458. The fourth-order valence-corrected chi connectivity index (χ4v) is 2.74. The van der Waals surface area contributed by atoms with Crippen molar-refractivity contribution >= 4 is 28.7 Å². The lowest BCUT2D eigenvalue weighted by Crippen LogP contribution is -2.13. The molecule has 0 aliphatic heterocycles. The molecule has 0 aliphatic rings. The molecule has 1 amide bonds. The van der Waals surface area contributed by atoms with Crippen molar-refractivity contribution in [2.75, 3.05) is 5.32 Å². The maximum absolute atomic E-state index is 12.4. The Kier molecular flexibility index (Phi) is 4.04.